The van der Waals surface area contributed by atoms with E-state index in [0.29, 0.717) is 6.61 Å². The second-order valence-electron chi connectivity index (χ2n) is 4.83. The third-order valence-corrected chi connectivity index (χ3v) is 3.71. The lowest BCUT2D eigenvalue weighted by molar-refractivity contribution is -0.148. The quantitative estimate of drug-likeness (QED) is 0.715. The molecule has 104 valence electrons. The fourth-order valence-electron chi connectivity index (χ4n) is 2.32. The lowest BCUT2D eigenvalue weighted by atomic mass is 9.75. The summed E-state index contributed by atoms with van der Waals surface area (Å²) in [6.45, 7) is 7.50. The number of hydrogen-bond acceptors (Lipinski definition) is 4. The van der Waals surface area contributed by atoms with E-state index in [-0.39, 0.29) is 17.3 Å². The first kappa shape index (κ1) is 15.0. The van der Waals surface area contributed by atoms with Crippen molar-refractivity contribution in [2.75, 3.05) is 19.7 Å². The molecule has 1 aliphatic rings. The van der Waals surface area contributed by atoms with Gasteiger partial charge in [0, 0.05) is 0 Å². The van der Waals surface area contributed by atoms with Crippen LogP contribution in [0.5, 0.6) is 0 Å². The van der Waals surface area contributed by atoms with Crippen molar-refractivity contribution in [1.82, 2.24) is 10.6 Å². The number of carbonyl (C=O) groups excluding carboxylic acids is 2. The van der Waals surface area contributed by atoms with E-state index in [0.717, 1.165) is 32.4 Å². The molecule has 5 nitrogen and oxygen atoms in total. The van der Waals surface area contributed by atoms with Crippen molar-refractivity contribution in [3.8, 4) is 0 Å². The molecule has 1 aliphatic heterocycles. The maximum atomic E-state index is 12.3. The molecule has 18 heavy (non-hydrogen) atoms. The van der Waals surface area contributed by atoms with Gasteiger partial charge in [-0.2, -0.15) is 0 Å². The van der Waals surface area contributed by atoms with Gasteiger partial charge in [0.15, 0.2) is 0 Å². The third kappa shape index (κ3) is 3.45. The number of nitrogens with one attached hydrogen (secondary N) is 2. The van der Waals surface area contributed by atoms with Crippen molar-refractivity contribution in [2.45, 2.75) is 46.1 Å². The largest absolute Gasteiger partial charge is 0.464 e. The molecule has 1 rings (SSSR count). The summed E-state index contributed by atoms with van der Waals surface area (Å²) in [6, 6.07) is -0.573. The van der Waals surface area contributed by atoms with Crippen LogP contribution in [0.1, 0.15) is 40.0 Å². The summed E-state index contributed by atoms with van der Waals surface area (Å²) in [4.78, 5) is 23.8. The minimum atomic E-state index is -0.573. The molecule has 5 heteroatoms. The molecule has 1 amide bonds. The van der Waals surface area contributed by atoms with E-state index in [9.17, 15) is 9.59 Å². The van der Waals surface area contributed by atoms with Crippen LogP contribution >= 0.6 is 0 Å². The van der Waals surface area contributed by atoms with E-state index in [4.69, 9.17) is 4.74 Å². The Balaban J connectivity index is 2.59. The molecule has 0 bridgehead atoms. The van der Waals surface area contributed by atoms with Gasteiger partial charge in [0.2, 0.25) is 5.91 Å². The summed E-state index contributed by atoms with van der Waals surface area (Å²) in [5.41, 5.74) is -0.327. The zero-order chi connectivity index (χ0) is 13.6. The lowest BCUT2D eigenvalue weighted by Crippen LogP contribution is -2.51. The van der Waals surface area contributed by atoms with Crippen LogP contribution in [0.15, 0.2) is 0 Å². The number of ether oxygens (including phenoxy) is 1. The Hall–Kier alpha value is -1.10. The Bertz CT molecular complexity index is 299. The van der Waals surface area contributed by atoms with E-state index in [1.807, 2.05) is 6.92 Å². The Morgan fingerprint density at radius 3 is 2.44 bits per heavy atom. The number of hydrogen-bond donors (Lipinski definition) is 2. The van der Waals surface area contributed by atoms with Crippen molar-refractivity contribution >= 4 is 11.9 Å². The summed E-state index contributed by atoms with van der Waals surface area (Å²) in [5.74, 6) is -0.391. The molecule has 1 unspecified atom stereocenters. The zero-order valence-electron chi connectivity index (χ0n) is 11.5. The van der Waals surface area contributed by atoms with Crippen LogP contribution in [0.2, 0.25) is 0 Å². The van der Waals surface area contributed by atoms with Crippen LogP contribution in [0.25, 0.3) is 0 Å². The first-order chi connectivity index (χ1) is 8.55. The van der Waals surface area contributed by atoms with Gasteiger partial charge >= 0.3 is 5.97 Å². The van der Waals surface area contributed by atoms with Crippen molar-refractivity contribution in [3.05, 3.63) is 0 Å². The topological polar surface area (TPSA) is 67.4 Å². The molecule has 0 aliphatic carbocycles. The Morgan fingerprint density at radius 1 is 1.33 bits per heavy atom. The number of piperidine rings is 1. The van der Waals surface area contributed by atoms with Gasteiger partial charge in [0.25, 0.3) is 0 Å². The van der Waals surface area contributed by atoms with E-state index >= 15 is 0 Å². The molecule has 0 saturated carbocycles. The molecule has 0 aromatic heterocycles. The predicted octanol–water partition coefficient (Wildman–Crippen LogP) is 0.834. The van der Waals surface area contributed by atoms with E-state index in [1.54, 1.807) is 13.8 Å². The van der Waals surface area contributed by atoms with Crippen molar-refractivity contribution < 1.29 is 14.3 Å². The molecule has 2 N–H and O–H groups in total. The minimum absolute atomic E-state index is 0.0212. The normalized spacial score (nSPS) is 19.9. The van der Waals surface area contributed by atoms with Crippen molar-refractivity contribution in [1.29, 1.82) is 0 Å². The minimum Gasteiger partial charge on any atom is -0.464 e. The monoisotopic (exact) mass is 256 g/mol. The maximum Gasteiger partial charge on any atom is 0.328 e. The van der Waals surface area contributed by atoms with Crippen LogP contribution in [-0.4, -0.2) is 37.6 Å². The Morgan fingerprint density at radius 2 is 1.94 bits per heavy atom. The molecular formula is C13H24N2O3. The van der Waals surface area contributed by atoms with E-state index in [1.165, 1.54) is 0 Å². The van der Waals surface area contributed by atoms with Gasteiger partial charge in [0.1, 0.15) is 6.04 Å². The fourth-order valence-corrected chi connectivity index (χ4v) is 2.32. The van der Waals surface area contributed by atoms with Gasteiger partial charge in [-0.1, -0.05) is 6.92 Å². The maximum absolute atomic E-state index is 12.3. The molecule has 1 fully saturated rings. The highest BCUT2D eigenvalue weighted by Crippen LogP contribution is 2.32. The molecule has 1 saturated heterocycles. The van der Waals surface area contributed by atoms with Crippen molar-refractivity contribution in [3.63, 3.8) is 0 Å². The Labute approximate surface area is 109 Å². The standard InChI is InChI=1S/C13H24N2O3/c1-4-13(6-8-14-9-7-13)12(17)15-10(3)11(16)18-5-2/h10,14H,4-9H2,1-3H3,(H,15,17). The van der Waals surface area contributed by atoms with Gasteiger partial charge < -0.3 is 15.4 Å². The second kappa shape index (κ2) is 6.73. The van der Waals surface area contributed by atoms with Gasteiger partial charge in [-0.3, -0.25) is 4.79 Å². The first-order valence-corrected chi connectivity index (χ1v) is 6.74. The summed E-state index contributed by atoms with van der Waals surface area (Å²) < 4.78 is 4.89. The van der Waals surface area contributed by atoms with Crippen LogP contribution in [0.4, 0.5) is 0 Å². The SMILES string of the molecule is CCOC(=O)C(C)NC(=O)C1(CC)CCNCC1. The lowest BCUT2D eigenvalue weighted by Gasteiger charge is -2.36. The predicted molar refractivity (Wildman–Crippen MR) is 69.1 cm³/mol. The third-order valence-electron chi connectivity index (χ3n) is 3.71. The molecule has 1 atom stereocenters. The molecule has 0 radical (unpaired) electrons. The van der Waals surface area contributed by atoms with Crippen molar-refractivity contribution in [2.24, 2.45) is 5.41 Å². The summed E-state index contributed by atoms with van der Waals surface area (Å²) in [7, 11) is 0. The van der Waals surface area contributed by atoms with Crippen LogP contribution < -0.4 is 10.6 Å². The van der Waals surface area contributed by atoms with Gasteiger partial charge in [-0.25, -0.2) is 4.79 Å². The molecule has 0 aromatic carbocycles. The number of esters is 1. The molecule has 0 aromatic rings. The summed E-state index contributed by atoms with van der Waals surface area (Å²) in [6.07, 6.45) is 2.45. The number of amides is 1. The summed E-state index contributed by atoms with van der Waals surface area (Å²) >= 11 is 0. The fraction of sp³-hybridized carbons (Fsp3) is 0.846. The summed E-state index contributed by atoms with van der Waals surface area (Å²) in [5, 5.41) is 6.04. The van der Waals surface area contributed by atoms with E-state index in [2.05, 4.69) is 10.6 Å². The number of rotatable bonds is 5. The van der Waals surface area contributed by atoms with Crippen LogP contribution in [-0.2, 0) is 14.3 Å². The highest BCUT2D eigenvalue weighted by atomic mass is 16.5. The highest BCUT2D eigenvalue weighted by molar-refractivity contribution is 5.87. The van der Waals surface area contributed by atoms with E-state index < -0.39 is 6.04 Å². The first-order valence-electron chi connectivity index (χ1n) is 6.74. The highest BCUT2D eigenvalue weighted by Gasteiger charge is 2.38. The Kier molecular flexibility index (Phi) is 5.59. The zero-order valence-corrected chi connectivity index (χ0v) is 11.5. The van der Waals surface area contributed by atoms with Crippen LogP contribution in [0.3, 0.4) is 0 Å². The second-order valence-corrected chi connectivity index (χ2v) is 4.83. The van der Waals surface area contributed by atoms with Gasteiger partial charge in [-0.05, 0) is 46.2 Å². The molecule has 1 heterocycles. The average molecular weight is 256 g/mol. The van der Waals surface area contributed by atoms with Gasteiger partial charge in [0.05, 0.1) is 12.0 Å². The molecule has 0 spiro atoms. The number of carbonyl (C=O) groups is 2. The van der Waals surface area contributed by atoms with Gasteiger partial charge in [-0.15, -0.1) is 0 Å². The average Bonchev–Trinajstić information content (AvgIpc) is 2.39. The molecular weight excluding hydrogens is 232 g/mol. The van der Waals surface area contributed by atoms with Crippen LogP contribution in [0, 0.1) is 5.41 Å². The smallest absolute Gasteiger partial charge is 0.328 e.